The van der Waals surface area contributed by atoms with Gasteiger partial charge in [-0.05, 0) is 31.2 Å². The van der Waals surface area contributed by atoms with E-state index in [1.165, 1.54) is 0 Å². The van der Waals surface area contributed by atoms with E-state index in [9.17, 15) is 9.59 Å². The van der Waals surface area contributed by atoms with Gasteiger partial charge >= 0.3 is 0 Å². The summed E-state index contributed by atoms with van der Waals surface area (Å²) in [4.78, 5) is 24.4. The quantitative estimate of drug-likeness (QED) is 0.750. The Morgan fingerprint density at radius 3 is 2.42 bits per heavy atom. The lowest BCUT2D eigenvalue weighted by molar-refractivity contribution is -0.115. The predicted octanol–water partition coefficient (Wildman–Crippen LogP) is 4.34. The molecule has 24 heavy (non-hydrogen) atoms. The molecular weight excluding hydrogens is 304 g/mol. The lowest BCUT2D eigenvalue weighted by atomic mass is 10.2. The van der Waals surface area contributed by atoms with Gasteiger partial charge < -0.3 is 15.1 Å². The molecule has 0 saturated carbocycles. The van der Waals surface area contributed by atoms with Crippen molar-refractivity contribution in [2.75, 3.05) is 10.6 Å². The number of carbonyl (C=O) groups is 2. The molecule has 0 bridgehead atoms. The van der Waals surface area contributed by atoms with E-state index < -0.39 is 5.91 Å². The standard InChI is InChI=1S/C19H18N2O3/c1-3-16(22)21-17-14-6-4-5-7-15(14)24-18(17)19(23)20-13-10-8-12(2)9-11-13/h4-11H,3H2,1-2H3,(H,20,23)(H,21,22). The molecule has 122 valence electrons. The summed E-state index contributed by atoms with van der Waals surface area (Å²) in [5.74, 6) is -0.481. The molecule has 0 aliphatic rings. The maximum atomic E-state index is 12.6. The SMILES string of the molecule is CCC(=O)Nc1c(C(=O)Nc2ccc(C)cc2)oc2ccccc12. The number of furan rings is 1. The van der Waals surface area contributed by atoms with Gasteiger partial charge in [-0.25, -0.2) is 0 Å². The van der Waals surface area contributed by atoms with Crippen LogP contribution in [0, 0.1) is 6.92 Å². The highest BCUT2D eigenvalue weighted by Crippen LogP contribution is 2.31. The highest BCUT2D eigenvalue weighted by atomic mass is 16.3. The number of aryl methyl sites for hydroxylation is 1. The first-order valence-corrected chi connectivity index (χ1v) is 7.78. The number of carbonyl (C=O) groups excluding carboxylic acids is 2. The van der Waals surface area contributed by atoms with Gasteiger partial charge in [0.05, 0.1) is 0 Å². The molecule has 2 amide bonds. The molecule has 0 aliphatic carbocycles. The average molecular weight is 322 g/mol. The Morgan fingerprint density at radius 2 is 1.71 bits per heavy atom. The van der Waals surface area contributed by atoms with Crippen molar-refractivity contribution in [1.82, 2.24) is 0 Å². The van der Waals surface area contributed by atoms with Crippen LogP contribution in [-0.2, 0) is 4.79 Å². The molecule has 3 aromatic rings. The van der Waals surface area contributed by atoms with Crippen molar-refractivity contribution < 1.29 is 14.0 Å². The number of anilines is 2. The maximum Gasteiger partial charge on any atom is 0.293 e. The van der Waals surface area contributed by atoms with Gasteiger partial charge in [0.25, 0.3) is 5.91 Å². The number of rotatable bonds is 4. The minimum atomic E-state index is -0.401. The number of hydrogen-bond donors (Lipinski definition) is 2. The van der Waals surface area contributed by atoms with E-state index in [1.54, 1.807) is 13.0 Å². The van der Waals surface area contributed by atoms with E-state index in [0.717, 1.165) is 5.56 Å². The molecule has 1 aromatic heterocycles. The second-order valence-corrected chi connectivity index (χ2v) is 5.52. The van der Waals surface area contributed by atoms with Crippen molar-refractivity contribution in [2.45, 2.75) is 20.3 Å². The van der Waals surface area contributed by atoms with Crippen LogP contribution < -0.4 is 10.6 Å². The number of para-hydroxylation sites is 1. The Balaban J connectivity index is 1.97. The fourth-order valence-electron chi connectivity index (χ4n) is 2.38. The molecule has 0 aliphatic heterocycles. The molecule has 0 radical (unpaired) electrons. The highest BCUT2D eigenvalue weighted by molar-refractivity contribution is 6.14. The zero-order valence-corrected chi connectivity index (χ0v) is 13.6. The molecule has 0 atom stereocenters. The van der Waals surface area contributed by atoms with E-state index in [4.69, 9.17) is 4.42 Å². The topological polar surface area (TPSA) is 71.3 Å². The molecular formula is C19H18N2O3. The molecule has 0 fully saturated rings. The first-order valence-electron chi connectivity index (χ1n) is 7.78. The number of hydrogen-bond acceptors (Lipinski definition) is 3. The summed E-state index contributed by atoms with van der Waals surface area (Å²) >= 11 is 0. The van der Waals surface area contributed by atoms with E-state index in [2.05, 4.69) is 10.6 Å². The van der Waals surface area contributed by atoms with Crippen LogP contribution in [0.5, 0.6) is 0 Å². The fraction of sp³-hybridized carbons (Fsp3) is 0.158. The van der Waals surface area contributed by atoms with Crippen LogP contribution in [0.1, 0.15) is 29.5 Å². The van der Waals surface area contributed by atoms with Crippen LogP contribution in [0.15, 0.2) is 52.9 Å². The minimum absolute atomic E-state index is 0.0959. The van der Waals surface area contributed by atoms with Gasteiger partial charge in [-0.1, -0.05) is 36.8 Å². The van der Waals surface area contributed by atoms with Gasteiger partial charge in [0, 0.05) is 17.5 Å². The second kappa shape index (κ2) is 6.58. The number of nitrogens with one attached hydrogen (secondary N) is 2. The highest BCUT2D eigenvalue weighted by Gasteiger charge is 2.21. The van der Waals surface area contributed by atoms with Crippen LogP contribution in [0.25, 0.3) is 11.0 Å². The zero-order valence-electron chi connectivity index (χ0n) is 13.6. The normalized spacial score (nSPS) is 10.6. The van der Waals surface area contributed by atoms with E-state index >= 15 is 0 Å². The Bertz CT molecular complexity index is 895. The van der Waals surface area contributed by atoms with Gasteiger partial charge in [0.1, 0.15) is 11.3 Å². The Morgan fingerprint density at radius 1 is 1.00 bits per heavy atom. The van der Waals surface area contributed by atoms with Crippen LogP contribution in [0.4, 0.5) is 11.4 Å². The van der Waals surface area contributed by atoms with E-state index in [-0.39, 0.29) is 11.7 Å². The summed E-state index contributed by atoms with van der Waals surface area (Å²) in [5, 5.41) is 6.26. The molecule has 5 nitrogen and oxygen atoms in total. The summed E-state index contributed by atoms with van der Waals surface area (Å²) in [6.07, 6.45) is 0.318. The van der Waals surface area contributed by atoms with Crippen molar-refractivity contribution in [2.24, 2.45) is 0 Å². The van der Waals surface area contributed by atoms with Crippen molar-refractivity contribution >= 4 is 34.2 Å². The molecule has 2 aromatic carbocycles. The minimum Gasteiger partial charge on any atom is -0.449 e. The molecule has 0 spiro atoms. The lowest BCUT2D eigenvalue weighted by Crippen LogP contribution is -2.16. The third-order valence-electron chi connectivity index (χ3n) is 3.70. The van der Waals surface area contributed by atoms with Crippen molar-refractivity contribution in [3.8, 4) is 0 Å². The summed E-state index contributed by atoms with van der Waals surface area (Å²) in [6.45, 7) is 3.73. The molecule has 3 rings (SSSR count). The van der Waals surface area contributed by atoms with Crippen LogP contribution in [0.3, 0.4) is 0 Å². The third kappa shape index (κ3) is 3.15. The summed E-state index contributed by atoms with van der Waals surface area (Å²) in [5.41, 5.74) is 2.73. The van der Waals surface area contributed by atoms with E-state index in [0.29, 0.717) is 28.8 Å². The number of amides is 2. The third-order valence-corrected chi connectivity index (χ3v) is 3.70. The van der Waals surface area contributed by atoms with E-state index in [1.807, 2.05) is 49.4 Å². The Kier molecular flexibility index (Phi) is 4.33. The smallest absolute Gasteiger partial charge is 0.293 e. The van der Waals surface area contributed by atoms with Gasteiger partial charge in [-0.2, -0.15) is 0 Å². The van der Waals surface area contributed by atoms with Crippen molar-refractivity contribution in [3.05, 3.63) is 59.9 Å². The van der Waals surface area contributed by atoms with Crippen molar-refractivity contribution in [1.29, 1.82) is 0 Å². The molecule has 1 heterocycles. The van der Waals surface area contributed by atoms with Gasteiger partial charge in [0.2, 0.25) is 11.7 Å². The monoisotopic (exact) mass is 322 g/mol. The molecule has 2 N–H and O–H groups in total. The predicted molar refractivity (Wildman–Crippen MR) is 94.3 cm³/mol. The summed E-state index contributed by atoms with van der Waals surface area (Å²) in [6, 6.07) is 14.7. The number of fused-ring (bicyclic) bond motifs is 1. The summed E-state index contributed by atoms with van der Waals surface area (Å²) in [7, 11) is 0. The van der Waals surface area contributed by atoms with Crippen molar-refractivity contribution in [3.63, 3.8) is 0 Å². The zero-order chi connectivity index (χ0) is 17.1. The maximum absolute atomic E-state index is 12.6. The van der Waals surface area contributed by atoms with Gasteiger partial charge in [-0.3, -0.25) is 9.59 Å². The first kappa shape index (κ1) is 15.8. The first-order chi connectivity index (χ1) is 11.6. The summed E-state index contributed by atoms with van der Waals surface area (Å²) < 4.78 is 5.68. The average Bonchev–Trinajstić information content (AvgIpc) is 2.95. The fourth-order valence-corrected chi connectivity index (χ4v) is 2.38. The lowest BCUT2D eigenvalue weighted by Gasteiger charge is -2.06. The molecule has 0 unspecified atom stereocenters. The molecule has 0 saturated heterocycles. The second-order valence-electron chi connectivity index (χ2n) is 5.52. The van der Waals surface area contributed by atoms with Crippen LogP contribution >= 0.6 is 0 Å². The van der Waals surface area contributed by atoms with Gasteiger partial charge in [-0.15, -0.1) is 0 Å². The molecule has 5 heteroatoms. The Hall–Kier alpha value is -3.08. The van der Waals surface area contributed by atoms with Crippen LogP contribution in [0.2, 0.25) is 0 Å². The largest absolute Gasteiger partial charge is 0.449 e. The Labute approximate surface area is 139 Å². The van der Waals surface area contributed by atoms with Gasteiger partial charge in [0.15, 0.2) is 0 Å². The number of benzene rings is 2. The van der Waals surface area contributed by atoms with Crippen LogP contribution in [-0.4, -0.2) is 11.8 Å².